The summed E-state index contributed by atoms with van der Waals surface area (Å²) >= 11 is 0. The molecular weight excluding hydrogens is 276 g/mol. The third kappa shape index (κ3) is 2.29. The monoisotopic (exact) mass is 292 g/mol. The van der Waals surface area contributed by atoms with Crippen LogP contribution in [-0.2, 0) is 0 Å². The molecule has 2 heterocycles. The molecule has 0 aliphatic heterocycles. The third-order valence-corrected chi connectivity index (χ3v) is 3.58. The molecule has 0 saturated heterocycles. The van der Waals surface area contributed by atoms with Crippen LogP contribution < -0.4 is 0 Å². The number of ketones is 1. The van der Waals surface area contributed by atoms with Gasteiger partial charge in [0.25, 0.3) is 5.91 Å². The Morgan fingerprint density at radius 3 is 2.32 bits per heavy atom. The van der Waals surface area contributed by atoms with Crippen molar-refractivity contribution in [3.05, 3.63) is 77.6 Å². The van der Waals surface area contributed by atoms with E-state index in [0.717, 1.165) is 5.52 Å². The molecule has 3 aromatic rings. The maximum absolute atomic E-state index is 12.7. The minimum atomic E-state index is -0.115. The van der Waals surface area contributed by atoms with Gasteiger partial charge in [0.1, 0.15) is 0 Å². The van der Waals surface area contributed by atoms with Gasteiger partial charge in [-0.15, -0.1) is 0 Å². The first-order valence-electron chi connectivity index (χ1n) is 7.01. The van der Waals surface area contributed by atoms with Crippen LogP contribution in [0.3, 0.4) is 0 Å². The Hall–Kier alpha value is -2.88. The van der Waals surface area contributed by atoms with E-state index in [1.807, 2.05) is 36.4 Å². The van der Waals surface area contributed by atoms with Crippen molar-refractivity contribution >= 4 is 17.2 Å². The molecule has 110 valence electrons. The van der Waals surface area contributed by atoms with E-state index in [1.54, 1.807) is 42.9 Å². The first-order valence-corrected chi connectivity index (χ1v) is 7.01. The number of carbonyl (C=O) groups excluding carboxylic acids is 2. The van der Waals surface area contributed by atoms with Crippen molar-refractivity contribution in [1.82, 2.24) is 9.30 Å². The van der Waals surface area contributed by atoms with Crippen LogP contribution in [0.25, 0.3) is 5.52 Å². The summed E-state index contributed by atoms with van der Waals surface area (Å²) in [5.41, 5.74) is 2.37. The van der Waals surface area contributed by atoms with Crippen LogP contribution >= 0.6 is 0 Å². The fourth-order valence-electron chi connectivity index (χ4n) is 2.48. The second-order valence-corrected chi connectivity index (χ2v) is 5.29. The number of rotatable bonds is 3. The van der Waals surface area contributed by atoms with Crippen molar-refractivity contribution < 1.29 is 9.59 Å². The third-order valence-electron chi connectivity index (χ3n) is 3.58. The average molecular weight is 292 g/mol. The van der Waals surface area contributed by atoms with Gasteiger partial charge in [-0.05, 0) is 18.2 Å². The van der Waals surface area contributed by atoms with E-state index in [0.29, 0.717) is 16.8 Å². The molecule has 0 radical (unpaired) electrons. The largest absolute Gasteiger partial charge is 0.345 e. The van der Waals surface area contributed by atoms with Gasteiger partial charge in [-0.25, -0.2) is 0 Å². The van der Waals surface area contributed by atoms with Gasteiger partial charge in [-0.3, -0.25) is 9.59 Å². The average Bonchev–Trinajstić information content (AvgIpc) is 2.93. The number of aromatic nitrogens is 1. The van der Waals surface area contributed by atoms with Crippen molar-refractivity contribution in [1.29, 1.82) is 0 Å². The Balaban J connectivity index is 2.19. The number of amides is 1. The van der Waals surface area contributed by atoms with Crippen LogP contribution in [0.4, 0.5) is 0 Å². The first-order chi connectivity index (χ1) is 10.6. The lowest BCUT2D eigenvalue weighted by atomic mass is 10.1. The summed E-state index contributed by atoms with van der Waals surface area (Å²) in [5.74, 6) is -0.213. The summed E-state index contributed by atoms with van der Waals surface area (Å²) in [7, 11) is 3.40. The number of nitrogens with zero attached hydrogens (tertiary/aromatic N) is 2. The van der Waals surface area contributed by atoms with Crippen LogP contribution in [0, 0.1) is 0 Å². The Labute approximate surface area is 128 Å². The predicted molar refractivity (Wildman–Crippen MR) is 85.3 cm³/mol. The van der Waals surface area contributed by atoms with Crippen LogP contribution in [-0.4, -0.2) is 35.1 Å². The highest BCUT2D eigenvalue weighted by Crippen LogP contribution is 2.21. The molecule has 0 saturated carbocycles. The standard InChI is InChI=1S/C18H16N2O2/c1-19(2)18(22)14-12-16(20-11-7-6-10-15(14)20)17(21)13-8-4-3-5-9-13/h3-12H,1-2H3. The molecule has 1 aromatic carbocycles. The molecule has 1 amide bonds. The molecule has 22 heavy (non-hydrogen) atoms. The summed E-state index contributed by atoms with van der Waals surface area (Å²) in [5, 5.41) is 0. The van der Waals surface area contributed by atoms with Gasteiger partial charge in [0.2, 0.25) is 5.78 Å². The highest BCUT2D eigenvalue weighted by molar-refractivity contribution is 6.11. The number of hydrogen-bond donors (Lipinski definition) is 0. The summed E-state index contributed by atoms with van der Waals surface area (Å²) < 4.78 is 1.77. The van der Waals surface area contributed by atoms with Gasteiger partial charge in [0.05, 0.1) is 16.8 Å². The van der Waals surface area contributed by atoms with Crippen LogP contribution in [0.5, 0.6) is 0 Å². The van der Waals surface area contributed by atoms with Crippen LogP contribution in [0.2, 0.25) is 0 Å². The maximum Gasteiger partial charge on any atom is 0.255 e. The molecule has 2 aromatic heterocycles. The van der Waals surface area contributed by atoms with E-state index < -0.39 is 0 Å². The zero-order valence-electron chi connectivity index (χ0n) is 12.5. The molecule has 4 nitrogen and oxygen atoms in total. The fourth-order valence-corrected chi connectivity index (χ4v) is 2.48. The summed E-state index contributed by atoms with van der Waals surface area (Å²) in [4.78, 5) is 26.6. The van der Waals surface area contributed by atoms with Gasteiger partial charge in [0.15, 0.2) is 0 Å². The van der Waals surface area contributed by atoms with Crippen molar-refractivity contribution in [3.8, 4) is 0 Å². The van der Waals surface area contributed by atoms with E-state index >= 15 is 0 Å². The molecule has 0 unspecified atom stereocenters. The lowest BCUT2D eigenvalue weighted by Crippen LogP contribution is -2.21. The van der Waals surface area contributed by atoms with E-state index in [4.69, 9.17) is 0 Å². The highest BCUT2D eigenvalue weighted by Gasteiger charge is 2.20. The van der Waals surface area contributed by atoms with Crippen molar-refractivity contribution in [3.63, 3.8) is 0 Å². The second-order valence-electron chi connectivity index (χ2n) is 5.29. The number of pyridine rings is 1. The van der Waals surface area contributed by atoms with Crippen molar-refractivity contribution in [2.24, 2.45) is 0 Å². The van der Waals surface area contributed by atoms with E-state index in [9.17, 15) is 9.59 Å². The van der Waals surface area contributed by atoms with Crippen molar-refractivity contribution in [2.45, 2.75) is 0 Å². The molecule has 0 aliphatic carbocycles. The van der Waals surface area contributed by atoms with E-state index in [-0.39, 0.29) is 11.7 Å². The second kappa shape index (κ2) is 5.48. The number of hydrogen-bond acceptors (Lipinski definition) is 2. The lowest BCUT2D eigenvalue weighted by Gasteiger charge is -2.08. The predicted octanol–water partition coefficient (Wildman–Crippen LogP) is 2.87. The quantitative estimate of drug-likeness (QED) is 0.697. The summed E-state index contributed by atoms with van der Waals surface area (Å²) in [6, 6.07) is 16.3. The molecule has 0 fully saturated rings. The molecule has 0 N–H and O–H groups in total. The van der Waals surface area contributed by atoms with Gasteiger partial charge < -0.3 is 9.30 Å². The molecule has 3 rings (SSSR count). The van der Waals surface area contributed by atoms with Crippen molar-refractivity contribution in [2.75, 3.05) is 14.1 Å². The smallest absolute Gasteiger partial charge is 0.255 e. The number of benzene rings is 1. The molecule has 0 bridgehead atoms. The minimum absolute atomic E-state index is 0.0976. The zero-order valence-corrected chi connectivity index (χ0v) is 12.5. The number of carbonyl (C=O) groups is 2. The van der Waals surface area contributed by atoms with E-state index in [1.165, 1.54) is 4.90 Å². The topological polar surface area (TPSA) is 41.8 Å². The minimum Gasteiger partial charge on any atom is -0.345 e. The molecule has 4 heteroatoms. The van der Waals surface area contributed by atoms with Gasteiger partial charge in [-0.2, -0.15) is 0 Å². The summed E-state index contributed by atoms with van der Waals surface area (Å²) in [6.45, 7) is 0. The van der Waals surface area contributed by atoms with Crippen LogP contribution in [0.15, 0.2) is 60.8 Å². The Kier molecular flexibility index (Phi) is 3.51. The van der Waals surface area contributed by atoms with Crippen LogP contribution in [0.1, 0.15) is 26.4 Å². The van der Waals surface area contributed by atoms with Gasteiger partial charge in [-0.1, -0.05) is 36.4 Å². The zero-order chi connectivity index (χ0) is 15.7. The molecular formula is C18H16N2O2. The van der Waals surface area contributed by atoms with Gasteiger partial charge >= 0.3 is 0 Å². The Morgan fingerprint density at radius 2 is 1.64 bits per heavy atom. The first kappa shape index (κ1) is 14.1. The van der Waals surface area contributed by atoms with E-state index in [2.05, 4.69) is 0 Å². The maximum atomic E-state index is 12.7. The normalized spacial score (nSPS) is 10.6. The summed E-state index contributed by atoms with van der Waals surface area (Å²) in [6.07, 6.45) is 1.80. The SMILES string of the molecule is CN(C)C(=O)c1cc(C(=O)c2ccccc2)n2ccccc12. The fraction of sp³-hybridized carbons (Fsp3) is 0.111. The Morgan fingerprint density at radius 1 is 0.955 bits per heavy atom. The molecule has 0 spiro atoms. The Bertz CT molecular complexity index is 848. The lowest BCUT2D eigenvalue weighted by molar-refractivity contribution is 0.0829. The van der Waals surface area contributed by atoms with Gasteiger partial charge in [0, 0.05) is 25.9 Å². The number of fused-ring (bicyclic) bond motifs is 1. The highest BCUT2D eigenvalue weighted by atomic mass is 16.2. The molecule has 0 aliphatic rings. The molecule has 0 atom stereocenters.